The summed E-state index contributed by atoms with van der Waals surface area (Å²) in [6, 6.07) is 47.2. The summed E-state index contributed by atoms with van der Waals surface area (Å²) in [6.45, 7) is 0. The largest absolute Gasteiger partial charge is 0.478 e. The molecule has 0 bridgehead atoms. The summed E-state index contributed by atoms with van der Waals surface area (Å²) in [5, 5.41) is 45.4. The lowest BCUT2D eigenvalue weighted by Crippen LogP contribution is -2.15. The van der Waals surface area contributed by atoms with Gasteiger partial charge in [-0.05, 0) is 95.3 Å². The molecule has 1 aliphatic rings. The van der Waals surface area contributed by atoms with Crippen molar-refractivity contribution in [2.75, 3.05) is 16.0 Å². The fourth-order valence-electron chi connectivity index (χ4n) is 9.45. The number of aromatic carboxylic acids is 3. The van der Waals surface area contributed by atoms with Crippen LogP contribution in [0.1, 0.15) is 66.4 Å². The van der Waals surface area contributed by atoms with Crippen molar-refractivity contribution in [3.63, 3.8) is 0 Å². The zero-order chi connectivity index (χ0) is 59.7. The number of amides is 3. The molecule has 6 N–H and O–H groups in total. The van der Waals surface area contributed by atoms with Crippen LogP contribution >= 0.6 is 81.8 Å². The van der Waals surface area contributed by atoms with Crippen LogP contribution in [0.4, 0.5) is 15.0 Å². The number of hydrogen-bond donors (Lipinski definition) is 6. The minimum Gasteiger partial charge on any atom is -0.478 e. The van der Waals surface area contributed by atoms with E-state index in [4.69, 9.17) is 8.83 Å². The number of benzene rings is 6. The number of anilines is 3. The first kappa shape index (κ1) is 59.7. The van der Waals surface area contributed by atoms with Gasteiger partial charge in [0.2, 0.25) is 17.7 Å². The van der Waals surface area contributed by atoms with E-state index in [-0.39, 0.29) is 47.3 Å². The van der Waals surface area contributed by atoms with Gasteiger partial charge >= 0.3 is 17.9 Å². The van der Waals surface area contributed by atoms with Gasteiger partial charge in [-0.25, -0.2) is 14.4 Å². The van der Waals surface area contributed by atoms with Crippen molar-refractivity contribution in [2.24, 2.45) is 0 Å². The number of furan rings is 2. The van der Waals surface area contributed by atoms with Crippen molar-refractivity contribution < 1.29 is 52.9 Å². The first-order valence-corrected chi connectivity index (χ1v) is 31.0. The van der Waals surface area contributed by atoms with E-state index < -0.39 is 17.9 Å². The smallest absolute Gasteiger partial charge is 0.339 e. The Hall–Kier alpha value is -8.50. The fraction of sp³-hybridized carbons (Fsp3) is 0.0769. The van der Waals surface area contributed by atoms with Crippen LogP contribution in [0.2, 0.25) is 0 Å². The van der Waals surface area contributed by atoms with Crippen LogP contribution in [0, 0.1) is 0 Å². The van der Waals surface area contributed by atoms with Crippen LogP contribution < -0.4 is 16.0 Å². The average molecular weight is 1380 g/mol. The highest BCUT2D eigenvalue weighted by Gasteiger charge is 2.25. The maximum absolute atomic E-state index is 12.5. The highest BCUT2D eigenvalue weighted by Crippen LogP contribution is 2.40. The van der Waals surface area contributed by atoms with Crippen LogP contribution in [0.5, 0.6) is 0 Å². The van der Waals surface area contributed by atoms with Gasteiger partial charge < -0.3 is 40.1 Å². The molecule has 0 spiro atoms. The zero-order valence-electron chi connectivity index (χ0n) is 44.3. The van der Waals surface area contributed by atoms with Crippen LogP contribution in [0.15, 0.2) is 202 Å². The predicted molar refractivity (Wildman–Crippen MR) is 346 cm³/mol. The van der Waals surface area contributed by atoms with Crippen molar-refractivity contribution in [3.05, 3.63) is 232 Å². The Balaban J connectivity index is 0.000000142. The number of fused-ring (bicyclic) bond motifs is 3. The second-order valence-electron chi connectivity index (χ2n) is 19.2. The zero-order valence-corrected chi connectivity index (χ0v) is 51.5. The molecule has 5 aromatic heterocycles. The van der Waals surface area contributed by atoms with E-state index in [1.54, 1.807) is 22.4 Å². The number of halogens is 3. The molecule has 20 heteroatoms. The van der Waals surface area contributed by atoms with Gasteiger partial charge in [0.15, 0.2) is 0 Å². The topological polar surface area (TPSA) is 225 Å². The average Bonchev–Trinajstić information content (AvgIpc) is 4.48. The van der Waals surface area contributed by atoms with Gasteiger partial charge in [-0.2, -0.15) is 0 Å². The van der Waals surface area contributed by atoms with Crippen LogP contribution in [0.25, 0.3) is 61.4 Å². The van der Waals surface area contributed by atoms with Crippen molar-refractivity contribution in [1.82, 2.24) is 0 Å². The predicted octanol–water partition coefficient (Wildman–Crippen LogP) is 17.8. The molecular formula is C65H46Br3N3O11S3. The number of para-hydroxylation sites is 2. The number of thiophene rings is 3. The van der Waals surface area contributed by atoms with Crippen LogP contribution in [-0.2, 0) is 33.6 Å². The number of carboxylic acid groups (broad SMARTS) is 3. The molecule has 85 heavy (non-hydrogen) atoms. The monoisotopic (exact) mass is 1380 g/mol. The summed E-state index contributed by atoms with van der Waals surface area (Å²) in [5.74, 6) is -3.48. The maximum Gasteiger partial charge on any atom is 0.339 e. The van der Waals surface area contributed by atoms with E-state index in [1.807, 2.05) is 140 Å². The summed E-state index contributed by atoms with van der Waals surface area (Å²) in [4.78, 5) is 73.0. The highest BCUT2D eigenvalue weighted by molar-refractivity contribution is 9.11. The minimum absolute atomic E-state index is 0.0270. The van der Waals surface area contributed by atoms with E-state index in [0.717, 1.165) is 52.9 Å². The molecule has 0 saturated carbocycles. The van der Waals surface area contributed by atoms with Crippen molar-refractivity contribution in [1.29, 1.82) is 0 Å². The molecule has 6 aromatic carbocycles. The van der Waals surface area contributed by atoms with Gasteiger partial charge in [0.25, 0.3) is 0 Å². The number of nitrogens with one attached hydrogen (secondary N) is 3. The third-order valence-corrected chi connectivity index (χ3v) is 17.7. The van der Waals surface area contributed by atoms with E-state index in [0.29, 0.717) is 61.5 Å². The molecule has 0 radical (unpaired) electrons. The molecule has 0 atom stereocenters. The third-order valence-electron chi connectivity index (χ3n) is 13.5. The van der Waals surface area contributed by atoms with Crippen LogP contribution in [0.3, 0.4) is 0 Å². The van der Waals surface area contributed by atoms with Crippen LogP contribution in [-0.4, -0.2) is 50.9 Å². The molecule has 426 valence electrons. The summed E-state index contributed by atoms with van der Waals surface area (Å²) < 4.78 is 13.9. The molecule has 14 nitrogen and oxygen atoms in total. The van der Waals surface area contributed by atoms with Gasteiger partial charge in [0.05, 0.1) is 19.1 Å². The van der Waals surface area contributed by atoms with Gasteiger partial charge in [-0.3, -0.25) is 14.4 Å². The molecule has 3 amide bonds. The van der Waals surface area contributed by atoms with Crippen molar-refractivity contribution in [2.45, 2.75) is 32.1 Å². The lowest BCUT2D eigenvalue weighted by molar-refractivity contribution is -0.116. The Morgan fingerprint density at radius 3 is 1.45 bits per heavy atom. The quantitative estimate of drug-likeness (QED) is 0.0533. The fourth-order valence-corrected chi connectivity index (χ4v) is 13.2. The third kappa shape index (κ3) is 14.5. The lowest BCUT2D eigenvalue weighted by Gasteiger charge is -2.07. The summed E-state index contributed by atoms with van der Waals surface area (Å²) >= 11 is 13.8. The second kappa shape index (κ2) is 27.0. The van der Waals surface area contributed by atoms with E-state index >= 15 is 0 Å². The minimum atomic E-state index is -1.08. The number of allylic oxidation sites excluding steroid dienone is 1. The Morgan fingerprint density at radius 2 is 0.953 bits per heavy atom. The first-order valence-electron chi connectivity index (χ1n) is 26.0. The normalized spacial score (nSPS) is 11.4. The first-order chi connectivity index (χ1) is 41.0. The van der Waals surface area contributed by atoms with Crippen molar-refractivity contribution >= 4 is 160 Å². The Morgan fingerprint density at radius 1 is 0.506 bits per heavy atom. The summed E-state index contributed by atoms with van der Waals surface area (Å²) in [6.07, 6.45) is 5.68. The lowest BCUT2D eigenvalue weighted by atomic mass is 10.0. The Labute approximate surface area is 522 Å². The van der Waals surface area contributed by atoms with Gasteiger partial charge in [-0.15, -0.1) is 34.0 Å². The molecular weight excluding hydrogens is 1330 g/mol. The SMILES string of the molecule is O=C(CCC1=Cc2ccccc2C1)Nc1scc(-c2ccc(Br)cc2)c1C(=O)O.O=C(Cc1cc2ccccc2o1)Nc1scc(-c2ccc(Br)cc2)c1C(=O)O.O=C(Cc1coc2ccccc12)Nc1scc(-c2ccc(Br)cc2)c1C(=O)O. The second-order valence-corrected chi connectivity index (χ2v) is 24.6. The number of rotatable bonds is 16. The summed E-state index contributed by atoms with van der Waals surface area (Å²) in [5.41, 5.74) is 10.3. The number of hydrogen-bond acceptors (Lipinski definition) is 11. The van der Waals surface area contributed by atoms with Gasteiger partial charge in [0, 0.05) is 69.0 Å². The molecule has 0 saturated heterocycles. The highest BCUT2D eigenvalue weighted by atomic mass is 79.9. The van der Waals surface area contributed by atoms with E-state index in [9.17, 15) is 44.1 Å². The van der Waals surface area contributed by atoms with Gasteiger partial charge in [-0.1, -0.05) is 157 Å². The molecule has 11 aromatic rings. The molecule has 0 aliphatic heterocycles. The van der Waals surface area contributed by atoms with Gasteiger partial charge in [0.1, 0.15) is 48.6 Å². The molecule has 1 aliphatic carbocycles. The number of carbonyl (C=O) groups excluding carboxylic acids is 3. The number of carbonyl (C=O) groups is 6. The summed E-state index contributed by atoms with van der Waals surface area (Å²) in [7, 11) is 0. The maximum atomic E-state index is 12.5. The molecule has 12 rings (SSSR count). The van der Waals surface area contributed by atoms with E-state index in [1.165, 1.54) is 50.7 Å². The standard InChI is InChI=1S/C23H18BrNO3S.2C21H14BrNO4S/c24-18-8-6-15(7-9-18)19-13-29-22(21(19)23(27)28)25-20(26)10-5-14-11-16-3-1-2-4-17(16)12-14;22-14-7-5-12(6-8-14)16-11-28-20(19(16)21(25)26)23-18(24)9-13-10-27-17-4-2-1-3-15(13)17;22-14-7-5-12(6-8-14)16-11-28-20(19(16)21(25)26)23-18(24)10-15-9-13-3-1-2-4-17(13)27-15/h1-4,6-9,11,13H,5,10,12H2,(H,25,26)(H,27,28);1-8,10-11H,9H2,(H,23,24)(H,25,26);1-9,11H,10H2,(H,23,24)(H,25,26). The Kier molecular flexibility index (Phi) is 19.0. The Bertz CT molecular complexity index is 4310. The molecule has 0 unspecified atom stereocenters. The molecule has 5 heterocycles. The van der Waals surface area contributed by atoms with Crippen molar-refractivity contribution in [3.8, 4) is 33.4 Å². The number of carboxylic acids is 3. The van der Waals surface area contributed by atoms with E-state index in [2.05, 4.69) is 81.9 Å². The molecule has 0 fully saturated rings.